The highest BCUT2D eigenvalue weighted by atomic mass is 15.2. The second kappa shape index (κ2) is 16.3. The molecule has 304 valence electrons. The van der Waals surface area contributed by atoms with E-state index in [1.54, 1.807) is 0 Å². The van der Waals surface area contributed by atoms with Gasteiger partial charge in [-0.2, -0.15) is 9.97 Å². The molecule has 4 heterocycles. The van der Waals surface area contributed by atoms with Crippen molar-refractivity contribution in [2.24, 2.45) is 0 Å². The third-order valence-corrected chi connectivity index (χ3v) is 12.3. The molecule has 11 rings (SSSR count). The van der Waals surface area contributed by atoms with E-state index in [0.29, 0.717) is 29.0 Å². The fourth-order valence-corrected chi connectivity index (χ4v) is 9.38. The van der Waals surface area contributed by atoms with Gasteiger partial charge in [-0.25, -0.2) is 15.0 Å². The third kappa shape index (κ3) is 6.82. The number of nitrogens with zero attached hydrogens (tertiary/aromatic N) is 7. The maximum atomic E-state index is 5.46. The summed E-state index contributed by atoms with van der Waals surface area (Å²) in [6, 6.07) is 34.5. The van der Waals surface area contributed by atoms with Crippen LogP contribution in [0.5, 0.6) is 0 Å². The van der Waals surface area contributed by atoms with Gasteiger partial charge in [0.25, 0.3) is 0 Å². The van der Waals surface area contributed by atoms with Crippen molar-refractivity contribution in [2.45, 2.75) is 46.0 Å². The Morgan fingerprint density at radius 2 is 1.40 bits per heavy atom. The molecule has 0 spiro atoms. The summed E-state index contributed by atoms with van der Waals surface area (Å²) in [4.78, 5) is 25.8. The van der Waals surface area contributed by atoms with Gasteiger partial charge in [0.1, 0.15) is 0 Å². The van der Waals surface area contributed by atoms with E-state index >= 15 is 0 Å². The van der Waals surface area contributed by atoms with Crippen LogP contribution in [0.4, 0.5) is 0 Å². The summed E-state index contributed by atoms with van der Waals surface area (Å²) in [5, 5.41) is 3.57. The van der Waals surface area contributed by atoms with Crippen molar-refractivity contribution in [3.05, 3.63) is 210 Å². The van der Waals surface area contributed by atoms with Gasteiger partial charge in [0.2, 0.25) is 5.95 Å². The first-order valence-electron chi connectivity index (χ1n) is 21.9. The molecule has 0 saturated carbocycles. The topological polar surface area (TPSA) is 74.3 Å². The van der Waals surface area contributed by atoms with Crippen molar-refractivity contribution in [3.63, 3.8) is 0 Å². The van der Waals surface area contributed by atoms with Crippen LogP contribution in [-0.2, 0) is 6.42 Å². The molecule has 0 unspecified atom stereocenters. The monoisotopic (exact) mass is 815 g/mol. The van der Waals surface area contributed by atoms with Gasteiger partial charge >= 0.3 is 0 Å². The van der Waals surface area contributed by atoms with E-state index < -0.39 is 0 Å². The predicted molar refractivity (Wildman–Crippen MR) is 259 cm³/mol. The molecule has 7 heteroatoms. The molecular weight excluding hydrogens is 771 g/mol. The fourth-order valence-electron chi connectivity index (χ4n) is 9.38. The summed E-state index contributed by atoms with van der Waals surface area (Å²) >= 11 is 0. The molecule has 0 aliphatic heterocycles. The molecular formula is C56H45N7. The van der Waals surface area contributed by atoms with Crippen LogP contribution < -0.4 is 0 Å². The van der Waals surface area contributed by atoms with E-state index in [1.165, 1.54) is 27.7 Å². The highest BCUT2D eigenvalue weighted by Gasteiger charge is 2.26. The van der Waals surface area contributed by atoms with Crippen LogP contribution >= 0.6 is 0 Å². The van der Waals surface area contributed by atoms with Crippen LogP contribution in [-0.4, -0.2) is 34.1 Å². The van der Waals surface area contributed by atoms with Crippen molar-refractivity contribution in [1.82, 2.24) is 34.1 Å². The van der Waals surface area contributed by atoms with Crippen molar-refractivity contribution >= 4 is 55.5 Å². The standard InChI is InChI=1S/C56H45N7/c1-3-18-37(4-2)40-29-30-41(38-19-8-5-9-20-38)34-42(33-40)54-59-55(43-35-57-53(58-36-43)39-21-10-6-11-22-39)61-56(60-54)63-49-28-17-15-26-47(49)51-50(63)32-31-46-45-25-14-16-27-48(45)62(52(46)51)44-23-12-7-13-24-44/h3-5,7-10,12-13,15-24,26-29,31-36H,6,11,14,25,30H2,1-2H3/b18-3-,37-4+. The van der Waals surface area contributed by atoms with Crippen LogP contribution in [0.3, 0.4) is 0 Å². The van der Waals surface area contributed by atoms with Gasteiger partial charge in [-0.1, -0.05) is 121 Å². The summed E-state index contributed by atoms with van der Waals surface area (Å²) in [7, 11) is 0. The summed E-state index contributed by atoms with van der Waals surface area (Å²) in [5.41, 5.74) is 14.2. The second-order valence-corrected chi connectivity index (χ2v) is 16.1. The lowest BCUT2D eigenvalue weighted by Crippen LogP contribution is -2.08. The molecule has 0 atom stereocenters. The summed E-state index contributed by atoms with van der Waals surface area (Å²) in [5.74, 6) is 2.28. The zero-order chi connectivity index (χ0) is 42.3. The van der Waals surface area contributed by atoms with Gasteiger partial charge in [0.05, 0.1) is 22.1 Å². The fraction of sp³-hybridized carbons (Fsp3) is 0.125. The highest BCUT2D eigenvalue weighted by molar-refractivity contribution is 6.21. The zero-order valence-corrected chi connectivity index (χ0v) is 35.4. The lowest BCUT2D eigenvalue weighted by molar-refractivity contribution is 0.929. The zero-order valence-electron chi connectivity index (χ0n) is 35.4. The SMILES string of the molecule is C/C=C\C(=C/C)C1=CCC(c2ccccc2)=CC(c2nc(-c3cnc(C4=CCCC=C4)nc3)nc(-n3c4ccccc4c4c5c(ccc43)c3c(n5-c4ccccc4)C=CCC3)n2)=C1. The summed E-state index contributed by atoms with van der Waals surface area (Å²) in [6.45, 7) is 4.14. The van der Waals surface area contributed by atoms with Gasteiger partial charge in [0, 0.05) is 51.1 Å². The minimum Gasteiger partial charge on any atom is -0.309 e. The second-order valence-electron chi connectivity index (χ2n) is 16.1. The van der Waals surface area contributed by atoms with E-state index in [2.05, 4.69) is 187 Å². The maximum absolute atomic E-state index is 5.46. The molecule has 0 N–H and O–H groups in total. The first-order chi connectivity index (χ1) is 31.2. The van der Waals surface area contributed by atoms with E-state index in [0.717, 1.165) is 87.5 Å². The average Bonchev–Trinajstić information content (AvgIpc) is 3.77. The Morgan fingerprint density at radius 3 is 2.19 bits per heavy atom. The number of para-hydroxylation sites is 2. The van der Waals surface area contributed by atoms with Crippen molar-refractivity contribution in [3.8, 4) is 23.0 Å². The lowest BCUT2D eigenvalue weighted by atomic mass is 10.00. The highest BCUT2D eigenvalue weighted by Crippen LogP contribution is 2.43. The molecule has 0 bridgehead atoms. The van der Waals surface area contributed by atoms with Gasteiger partial charge in [-0.3, -0.25) is 4.57 Å². The summed E-state index contributed by atoms with van der Waals surface area (Å²) in [6.07, 6.45) is 32.7. The number of fused-ring (bicyclic) bond motifs is 7. The first-order valence-corrected chi connectivity index (χ1v) is 21.9. The van der Waals surface area contributed by atoms with Gasteiger partial charge in [0.15, 0.2) is 17.5 Å². The number of rotatable bonds is 8. The molecule has 63 heavy (non-hydrogen) atoms. The molecule has 7 nitrogen and oxygen atoms in total. The van der Waals surface area contributed by atoms with E-state index in [-0.39, 0.29) is 0 Å². The van der Waals surface area contributed by atoms with Crippen molar-refractivity contribution in [2.75, 3.05) is 0 Å². The molecule has 3 aliphatic carbocycles. The molecule has 0 amide bonds. The van der Waals surface area contributed by atoms with E-state index in [9.17, 15) is 0 Å². The van der Waals surface area contributed by atoms with Crippen molar-refractivity contribution in [1.29, 1.82) is 0 Å². The minimum atomic E-state index is 0.500. The lowest BCUT2D eigenvalue weighted by Gasteiger charge is -2.13. The summed E-state index contributed by atoms with van der Waals surface area (Å²) < 4.78 is 4.67. The van der Waals surface area contributed by atoms with Gasteiger partial charge < -0.3 is 4.57 Å². The Kier molecular flexibility index (Phi) is 9.85. The first kappa shape index (κ1) is 38.2. The molecule has 8 aromatic rings. The normalized spacial score (nSPS) is 15.4. The minimum absolute atomic E-state index is 0.500. The number of hydrogen-bond acceptors (Lipinski definition) is 5. The Balaban J connectivity index is 1.19. The van der Waals surface area contributed by atoms with E-state index in [1.807, 2.05) is 12.4 Å². The Morgan fingerprint density at radius 1 is 0.619 bits per heavy atom. The number of aromatic nitrogens is 7. The smallest absolute Gasteiger partial charge is 0.238 e. The van der Waals surface area contributed by atoms with E-state index in [4.69, 9.17) is 24.9 Å². The van der Waals surface area contributed by atoms with Crippen LogP contribution in [0.2, 0.25) is 0 Å². The number of aryl methyl sites for hydroxylation is 1. The molecule has 3 aliphatic rings. The Hall–Kier alpha value is -7.77. The number of benzene rings is 4. The number of allylic oxidation sites excluding steroid dienone is 15. The molecule has 0 saturated heterocycles. The Labute approximate surface area is 367 Å². The largest absolute Gasteiger partial charge is 0.309 e. The predicted octanol–water partition coefficient (Wildman–Crippen LogP) is 13.4. The number of hydrogen-bond donors (Lipinski definition) is 0. The molecule has 0 fully saturated rings. The van der Waals surface area contributed by atoms with Crippen LogP contribution in [0.25, 0.3) is 78.5 Å². The quantitative estimate of drug-likeness (QED) is 0.143. The van der Waals surface area contributed by atoms with Crippen LogP contribution in [0.15, 0.2) is 181 Å². The van der Waals surface area contributed by atoms with Gasteiger partial charge in [-0.15, -0.1) is 0 Å². The van der Waals surface area contributed by atoms with Gasteiger partial charge in [-0.05, 0) is 116 Å². The molecule has 4 aromatic heterocycles. The average molecular weight is 816 g/mol. The van der Waals surface area contributed by atoms with Crippen LogP contribution in [0, 0.1) is 0 Å². The maximum Gasteiger partial charge on any atom is 0.238 e. The molecule has 0 radical (unpaired) electrons. The molecule has 4 aromatic carbocycles. The van der Waals surface area contributed by atoms with Crippen LogP contribution in [0.1, 0.15) is 68.0 Å². The Bertz CT molecular complexity index is 3350. The third-order valence-electron chi connectivity index (χ3n) is 12.3. The van der Waals surface area contributed by atoms with Crippen molar-refractivity contribution < 1.29 is 0 Å².